The molecule has 3 heteroatoms. The maximum atomic E-state index is 5.03. The number of para-hydroxylation sites is 2. The highest BCUT2D eigenvalue weighted by Gasteiger charge is 2.23. The SMILES string of the molecule is C1=C(c2ccc3c(c2)c2nccc(-c4ccccc4)c2n3-c2ccccc2)CCc2c1c1ccccc1n2-c1cccc(-c2ccccc2)c1. The van der Waals surface area contributed by atoms with Crippen molar-refractivity contribution in [2.75, 3.05) is 0 Å². The van der Waals surface area contributed by atoms with Gasteiger partial charge in [0.05, 0.1) is 22.1 Å². The summed E-state index contributed by atoms with van der Waals surface area (Å²) in [4.78, 5) is 5.03. The van der Waals surface area contributed by atoms with Crippen LogP contribution in [-0.2, 0) is 6.42 Å². The maximum absolute atomic E-state index is 5.03. The van der Waals surface area contributed by atoms with Gasteiger partial charge >= 0.3 is 0 Å². The highest BCUT2D eigenvalue weighted by atomic mass is 15.0. The first-order valence-electron chi connectivity index (χ1n) is 17.3. The van der Waals surface area contributed by atoms with Crippen LogP contribution in [0.25, 0.3) is 78.1 Å². The lowest BCUT2D eigenvalue weighted by molar-refractivity contribution is 0.898. The van der Waals surface area contributed by atoms with Gasteiger partial charge in [0.15, 0.2) is 0 Å². The molecule has 50 heavy (non-hydrogen) atoms. The van der Waals surface area contributed by atoms with Crippen LogP contribution >= 0.6 is 0 Å². The van der Waals surface area contributed by atoms with Gasteiger partial charge in [0.1, 0.15) is 0 Å². The normalized spacial score (nSPS) is 12.8. The molecule has 1 aliphatic rings. The molecule has 0 radical (unpaired) electrons. The highest BCUT2D eigenvalue weighted by Crippen LogP contribution is 2.42. The topological polar surface area (TPSA) is 22.8 Å². The van der Waals surface area contributed by atoms with E-state index in [0.717, 1.165) is 35.1 Å². The molecule has 9 aromatic rings. The van der Waals surface area contributed by atoms with Crippen molar-refractivity contribution in [3.05, 3.63) is 187 Å². The van der Waals surface area contributed by atoms with Gasteiger partial charge in [0.25, 0.3) is 0 Å². The smallest absolute Gasteiger partial charge is 0.0970 e. The first-order valence-corrected chi connectivity index (χ1v) is 17.3. The zero-order chi connectivity index (χ0) is 33.0. The first kappa shape index (κ1) is 28.6. The zero-order valence-corrected chi connectivity index (χ0v) is 27.5. The van der Waals surface area contributed by atoms with Crippen LogP contribution in [0.3, 0.4) is 0 Å². The summed E-state index contributed by atoms with van der Waals surface area (Å²) in [5, 5.41) is 2.46. The van der Waals surface area contributed by atoms with Crippen LogP contribution in [0, 0.1) is 0 Å². The standard InChI is InChI=1S/C47H33N3/c1-4-13-32(14-5-1)34-17-12-20-38(29-34)49-43-22-11-10-21-40(43)41-30-35(23-25-44(41)49)36-24-26-45-42(31-36)46-47(50(45)37-18-8-3-9-19-37)39(27-28-48-46)33-15-6-2-7-16-33/h1-22,24,26-31H,23,25H2. The van der Waals surface area contributed by atoms with Crippen molar-refractivity contribution >= 4 is 44.5 Å². The molecule has 0 aliphatic heterocycles. The molecule has 0 bridgehead atoms. The summed E-state index contributed by atoms with van der Waals surface area (Å²) < 4.78 is 4.87. The number of benzene rings is 6. The van der Waals surface area contributed by atoms with Crippen LogP contribution in [0.15, 0.2) is 170 Å². The van der Waals surface area contributed by atoms with E-state index in [-0.39, 0.29) is 0 Å². The van der Waals surface area contributed by atoms with Crippen molar-refractivity contribution < 1.29 is 0 Å². The van der Waals surface area contributed by atoms with E-state index < -0.39 is 0 Å². The molecule has 0 N–H and O–H groups in total. The molecule has 1 aliphatic carbocycles. The van der Waals surface area contributed by atoms with Crippen molar-refractivity contribution in [3.8, 4) is 33.6 Å². The van der Waals surface area contributed by atoms with Gasteiger partial charge in [-0.05, 0) is 95.3 Å². The lowest BCUT2D eigenvalue weighted by Crippen LogP contribution is -2.05. The Bertz CT molecular complexity index is 2730. The molecule has 0 amide bonds. The average Bonchev–Trinajstić information content (AvgIpc) is 3.71. The first-order chi connectivity index (χ1) is 24.8. The van der Waals surface area contributed by atoms with Gasteiger partial charge in [0.2, 0.25) is 0 Å². The minimum atomic E-state index is 0.964. The third-order valence-corrected chi connectivity index (χ3v) is 10.3. The Kier molecular flexibility index (Phi) is 6.63. The third kappa shape index (κ3) is 4.55. The van der Waals surface area contributed by atoms with Gasteiger partial charge in [-0.1, -0.05) is 115 Å². The monoisotopic (exact) mass is 639 g/mol. The Hall–Kier alpha value is -6.45. The fourth-order valence-corrected chi connectivity index (χ4v) is 8.02. The molecule has 6 aromatic carbocycles. The number of hydrogen-bond donors (Lipinski definition) is 0. The van der Waals surface area contributed by atoms with Crippen molar-refractivity contribution in [1.29, 1.82) is 0 Å². The van der Waals surface area contributed by atoms with E-state index in [2.05, 4.69) is 179 Å². The second-order valence-electron chi connectivity index (χ2n) is 13.1. The molecule has 0 saturated carbocycles. The Morgan fingerprint density at radius 1 is 0.460 bits per heavy atom. The molecule has 3 nitrogen and oxygen atoms in total. The summed E-state index contributed by atoms with van der Waals surface area (Å²) in [6.45, 7) is 0. The number of rotatable bonds is 5. The Balaban J connectivity index is 1.15. The van der Waals surface area contributed by atoms with Crippen molar-refractivity contribution in [2.45, 2.75) is 12.8 Å². The number of hydrogen-bond acceptors (Lipinski definition) is 1. The van der Waals surface area contributed by atoms with E-state index >= 15 is 0 Å². The zero-order valence-electron chi connectivity index (χ0n) is 27.5. The predicted octanol–water partition coefficient (Wildman–Crippen LogP) is 11.9. The number of aromatic nitrogens is 3. The third-order valence-electron chi connectivity index (χ3n) is 10.3. The molecule has 10 rings (SSSR count). The second-order valence-corrected chi connectivity index (χ2v) is 13.1. The minimum Gasteiger partial charge on any atom is -0.313 e. The average molecular weight is 640 g/mol. The minimum absolute atomic E-state index is 0.964. The fraction of sp³-hybridized carbons (Fsp3) is 0.0426. The van der Waals surface area contributed by atoms with Gasteiger partial charge in [0, 0.05) is 45.2 Å². The van der Waals surface area contributed by atoms with Crippen LogP contribution in [0.2, 0.25) is 0 Å². The second kappa shape index (κ2) is 11.6. The number of pyridine rings is 1. The van der Waals surface area contributed by atoms with Gasteiger partial charge in [-0.2, -0.15) is 0 Å². The molecule has 0 saturated heterocycles. The van der Waals surface area contributed by atoms with E-state index in [4.69, 9.17) is 4.98 Å². The highest BCUT2D eigenvalue weighted by molar-refractivity contribution is 6.12. The Morgan fingerprint density at radius 2 is 1.14 bits per heavy atom. The van der Waals surface area contributed by atoms with Crippen LogP contribution in [0.4, 0.5) is 0 Å². The quantitative estimate of drug-likeness (QED) is 0.184. The lowest BCUT2D eigenvalue weighted by atomic mass is 9.90. The molecule has 3 aromatic heterocycles. The number of allylic oxidation sites excluding steroid dienone is 1. The van der Waals surface area contributed by atoms with Crippen LogP contribution in [-0.4, -0.2) is 14.1 Å². The maximum Gasteiger partial charge on any atom is 0.0970 e. The van der Waals surface area contributed by atoms with Gasteiger partial charge in [-0.25, -0.2) is 0 Å². The molecular formula is C47H33N3. The predicted molar refractivity (Wildman–Crippen MR) is 209 cm³/mol. The Morgan fingerprint density at radius 3 is 1.96 bits per heavy atom. The van der Waals surface area contributed by atoms with E-state index in [9.17, 15) is 0 Å². The molecule has 0 spiro atoms. The largest absolute Gasteiger partial charge is 0.313 e. The van der Waals surface area contributed by atoms with Crippen LogP contribution in [0.5, 0.6) is 0 Å². The summed E-state index contributed by atoms with van der Waals surface area (Å²) >= 11 is 0. The fourth-order valence-electron chi connectivity index (χ4n) is 8.02. The van der Waals surface area contributed by atoms with Gasteiger partial charge < -0.3 is 9.13 Å². The number of fused-ring (bicyclic) bond motifs is 6. The van der Waals surface area contributed by atoms with Crippen molar-refractivity contribution in [3.63, 3.8) is 0 Å². The van der Waals surface area contributed by atoms with Gasteiger partial charge in [-0.3, -0.25) is 4.98 Å². The summed E-state index contributed by atoms with van der Waals surface area (Å²) in [5.74, 6) is 0. The van der Waals surface area contributed by atoms with Crippen LogP contribution < -0.4 is 0 Å². The van der Waals surface area contributed by atoms with E-state index in [1.807, 2.05) is 6.20 Å². The summed E-state index contributed by atoms with van der Waals surface area (Å²) in [6, 6.07) is 58.9. The van der Waals surface area contributed by atoms with Crippen molar-refractivity contribution in [2.24, 2.45) is 0 Å². The van der Waals surface area contributed by atoms with E-state index in [1.54, 1.807) is 0 Å². The lowest BCUT2D eigenvalue weighted by Gasteiger charge is -2.18. The van der Waals surface area contributed by atoms with Gasteiger partial charge in [-0.15, -0.1) is 0 Å². The van der Waals surface area contributed by atoms with Crippen LogP contribution in [0.1, 0.15) is 23.2 Å². The summed E-state index contributed by atoms with van der Waals surface area (Å²) in [5.41, 5.74) is 17.1. The molecular weight excluding hydrogens is 607 g/mol. The van der Waals surface area contributed by atoms with E-state index in [1.165, 1.54) is 66.6 Å². The summed E-state index contributed by atoms with van der Waals surface area (Å²) in [6.07, 6.45) is 6.33. The Labute approximate surface area is 291 Å². The molecule has 0 unspecified atom stereocenters. The van der Waals surface area contributed by atoms with E-state index in [0.29, 0.717) is 0 Å². The number of nitrogens with zero attached hydrogens (tertiary/aromatic N) is 3. The summed E-state index contributed by atoms with van der Waals surface area (Å²) in [7, 11) is 0. The molecule has 0 atom stereocenters. The molecule has 3 heterocycles. The molecule has 236 valence electrons. The molecule has 0 fully saturated rings. The van der Waals surface area contributed by atoms with Crippen molar-refractivity contribution in [1.82, 2.24) is 14.1 Å².